The maximum Gasteiger partial charge on any atom is 0.293 e. The lowest BCUT2D eigenvalue weighted by atomic mass is 10.2. The highest BCUT2D eigenvalue weighted by atomic mass is 35.5. The summed E-state index contributed by atoms with van der Waals surface area (Å²) in [5.41, 5.74) is 2.58. The standard InChI is InChI=1S/C25H21ClFN5O/c26-19-6-10-22(11-7-19)32-24(18-4-2-1-3-5-18)28-23(29-32)25(33)31-16-14-30(15-17-31)21-12-8-20(27)9-13-21/h1-13H,14-17H2. The fourth-order valence-corrected chi connectivity index (χ4v) is 4.03. The summed E-state index contributed by atoms with van der Waals surface area (Å²) >= 11 is 6.05. The molecule has 1 fully saturated rings. The van der Waals surface area contributed by atoms with Crippen LogP contribution in [0.2, 0.25) is 5.02 Å². The van der Waals surface area contributed by atoms with Crippen molar-refractivity contribution in [3.8, 4) is 17.1 Å². The molecule has 33 heavy (non-hydrogen) atoms. The van der Waals surface area contributed by atoms with Gasteiger partial charge in [-0.3, -0.25) is 4.79 Å². The van der Waals surface area contributed by atoms with Gasteiger partial charge in [-0.2, -0.15) is 0 Å². The minimum atomic E-state index is -0.260. The minimum absolute atomic E-state index is 0.152. The van der Waals surface area contributed by atoms with E-state index in [4.69, 9.17) is 11.6 Å². The van der Waals surface area contributed by atoms with Crippen LogP contribution in [-0.4, -0.2) is 51.8 Å². The Kier molecular flexibility index (Phi) is 5.79. The van der Waals surface area contributed by atoms with Gasteiger partial charge in [0.25, 0.3) is 5.91 Å². The van der Waals surface area contributed by atoms with Crippen molar-refractivity contribution in [2.45, 2.75) is 0 Å². The maximum atomic E-state index is 13.3. The first-order valence-electron chi connectivity index (χ1n) is 10.7. The van der Waals surface area contributed by atoms with Gasteiger partial charge in [0.1, 0.15) is 5.82 Å². The normalized spacial score (nSPS) is 13.9. The topological polar surface area (TPSA) is 54.3 Å². The Morgan fingerprint density at radius 2 is 1.45 bits per heavy atom. The zero-order valence-electron chi connectivity index (χ0n) is 17.7. The van der Waals surface area contributed by atoms with Crippen LogP contribution in [0.4, 0.5) is 10.1 Å². The molecule has 0 spiro atoms. The quantitative estimate of drug-likeness (QED) is 0.442. The molecule has 0 radical (unpaired) electrons. The highest BCUT2D eigenvalue weighted by Crippen LogP contribution is 2.23. The zero-order valence-corrected chi connectivity index (χ0v) is 18.5. The Hall–Kier alpha value is -3.71. The molecular formula is C25H21ClFN5O. The molecule has 0 unspecified atom stereocenters. The van der Waals surface area contributed by atoms with Crippen LogP contribution < -0.4 is 4.90 Å². The number of hydrogen-bond acceptors (Lipinski definition) is 4. The van der Waals surface area contributed by atoms with Gasteiger partial charge in [-0.1, -0.05) is 41.9 Å². The number of aromatic nitrogens is 3. The molecular weight excluding hydrogens is 441 g/mol. The first kappa shape index (κ1) is 21.2. The lowest BCUT2D eigenvalue weighted by Gasteiger charge is -2.35. The van der Waals surface area contributed by atoms with Crippen molar-refractivity contribution >= 4 is 23.2 Å². The van der Waals surface area contributed by atoms with Gasteiger partial charge in [-0.15, -0.1) is 5.10 Å². The van der Waals surface area contributed by atoms with E-state index in [2.05, 4.69) is 15.0 Å². The minimum Gasteiger partial charge on any atom is -0.368 e. The molecule has 5 rings (SSSR count). The SMILES string of the molecule is O=C(c1nc(-c2ccccc2)n(-c2ccc(Cl)cc2)n1)N1CCN(c2ccc(F)cc2)CC1. The van der Waals surface area contributed by atoms with Crippen molar-refractivity contribution in [3.63, 3.8) is 0 Å². The smallest absolute Gasteiger partial charge is 0.293 e. The Morgan fingerprint density at radius 3 is 2.12 bits per heavy atom. The lowest BCUT2D eigenvalue weighted by molar-refractivity contribution is 0.0734. The molecule has 4 aromatic rings. The number of halogens is 2. The summed E-state index contributed by atoms with van der Waals surface area (Å²) in [5, 5.41) is 5.19. The molecule has 0 saturated carbocycles. The third kappa shape index (κ3) is 4.45. The molecule has 6 nitrogen and oxygen atoms in total. The van der Waals surface area contributed by atoms with Crippen molar-refractivity contribution in [2.75, 3.05) is 31.1 Å². The van der Waals surface area contributed by atoms with Gasteiger partial charge in [0.2, 0.25) is 5.82 Å². The average molecular weight is 462 g/mol. The van der Waals surface area contributed by atoms with Crippen LogP contribution in [0.1, 0.15) is 10.6 Å². The molecule has 1 saturated heterocycles. The van der Waals surface area contributed by atoms with E-state index in [1.807, 2.05) is 42.5 Å². The second kappa shape index (κ2) is 9.03. The molecule has 166 valence electrons. The van der Waals surface area contributed by atoms with Crippen LogP contribution in [0.25, 0.3) is 17.1 Å². The fourth-order valence-electron chi connectivity index (χ4n) is 3.90. The van der Waals surface area contributed by atoms with Crippen molar-refractivity contribution in [1.82, 2.24) is 19.7 Å². The van der Waals surface area contributed by atoms with Gasteiger partial charge >= 0.3 is 0 Å². The van der Waals surface area contributed by atoms with E-state index in [0.29, 0.717) is 37.0 Å². The fraction of sp³-hybridized carbons (Fsp3) is 0.160. The number of hydrogen-bond donors (Lipinski definition) is 0. The molecule has 1 amide bonds. The van der Waals surface area contributed by atoms with Crippen LogP contribution in [0.3, 0.4) is 0 Å². The lowest BCUT2D eigenvalue weighted by Crippen LogP contribution is -2.49. The molecule has 0 aliphatic carbocycles. The van der Waals surface area contributed by atoms with E-state index in [0.717, 1.165) is 16.9 Å². The molecule has 1 aliphatic heterocycles. The third-order valence-corrected chi connectivity index (χ3v) is 5.91. The number of amides is 1. The summed E-state index contributed by atoms with van der Waals surface area (Å²) in [6.07, 6.45) is 0. The zero-order chi connectivity index (χ0) is 22.8. The number of carbonyl (C=O) groups excluding carboxylic acids is 1. The monoisotopic (exact) mass is 461 g/mol. The number of carbonyl (C=O) groups is 1. The number of benzene rings is 3. The van der Waals surface area contributed by atoms with E-state index < -0.39 is 0 Å². The van der Waals surface area contributed by atoms with E-state index in [-0.39, 0.29) is 17.5 Å². The summed E-state index contributed by atoms with van der Waals surface area (Å²) in [6.45, 7) is 2.38. The van der Waals surface area contributed by atoms with Gasteiger partial charge < -0.3 is 9.80 Å². The third-order valence-electron chi connectivity index (χ3n) is 5.66. The van der Waals surface area contributed by atoms with E-state index in [1.54, 1.807) is 33.8 Å². The summed E-state index contributed by atoms with van der Waals surface area (Å²) in [6, 6.07) is 23.3. The average Bonchev–Trinajstić information content (AvgIpc) is 3.31. The Balaban J connectivity index is 1.39. The highest BCUT2D eigenvalue weighted by molar-refractivity contribution is 6.30. The predicted molar refractivity (Wildman–Crippen MR) is 126 cm³/mol. The second-order valence-corrected chi connectivity index (χ2v) is 8.21. The van der Waals surface area contributed by atoms with Crippen LogP contribution >= 0.6 is 11.6 Å². The maximum absolute atomic E-state index is 13.3. The highest BCUT2D eigenvalue weighted by Gasteiger charge is 2.27. The first-order chi connectivity index (χ1) is 16.1. The molecule has 8 heteroatoms. The molecule has 0 atom stereocenters. The Labute approximate surface area is 195 Å². The number of rotatable bonds is 4. The molecule has 2 heterocycles. The summed E-state index contributed by atoms with van der Waals surface area (Å²) < 4.78 is 14.9. The van der Waals surface area contributed by atoms with Crippen molar-refractivity contribution in [3.05, 3.63) is 95.5 Å². The van der Waals surface area contributed by atoms with E-state index in [9.17, 15) is 9.18 Å². The van der Waals surface area contributed by atoms with Gasteiger partial charge in [0.05, 0.1) is 5.69 Å². The largest absolute Gasteiger partial charge is 0.368 e. The van der Waals surface area contributed by atoms with Crippen LogP contribution in [0, 0.1) is 5.82 Å². The Bertz CT molecular complexity index is 1250. The van der Waals surface area contributed by atoms with Crippen LogP contribution in [0.5, 0.6) is 0 Å². The Morgan fingerprint density at radius 1 is 0.818 bits per heavy atom. The van der Waals surface area contributed by atoms with E-state index in [1.165, 1.54) is 12.1 Å². The molecule has 0 bridgehead atoms. The van der Waals surface area contributed by atoms with E-state index >= 15 is 0 Å². The summed E-state index contributed by atoms with van der Waals surface area (Å²) in [7, 11) is 0. The van der Waals surface area contributed by atoms with Crippen molar-refractivity contribution in [1.29, 1.82) is 0 Å². The van der Waals surface area contributed by atoms with Gasteiger partial charge in [-0.25, -0.2) is 14.1 Å². The second-order valence-electron chi connectivity index (χ2n) is 7.77. The van der Waals surface area contributed by atoms with Crippen molar-refractivity contribution < 1.29 is 9.18 Å². The predicted octanol–water partition coefficient (Wildman–Crippen LogP) is 4.69. The number of piperazine rings is 1. The molecule has 0 N–H and O–H groups in total. The summed E-state index contributed by atoms with van der Waals surface area (Å²) in [5.74, 6) is 0.271. The molecule has 1 aliphatic rings. The number of anilines is 1. The molecule has 1 aromatic heterocycles. The number of nitrogens with zero attached hydrogens (tertiary/aromatic N) is 5. The van der Waals surface area contributed by atoms with Crippen LogP contribution in [0.15, 0.2) is 78.9 Å². The van der Waals surface area contributed by atoms with Gasteiger partial charge in [0, 0.05) is 42.5 Å². The van der Waals surface area contributed by atoms with Gasteiger partial charge in [-0.05, 0) is 48.5 Å². The van der Waals surface area contributed by atoms with Gasteiger partial charge in [0.15, 0.2) is 5.82 Å². The molecule has 3 aromatic carbocycles. The first-order valence-corrected chi connectivity index (χ1v) is 11.0. The van der Waals surface area contributed by atoms with Crippen molar-refractivity contribution in [2.24, 2.45) is 0 Å². The van der Waals surface area contributed by atoms with Crippen LogP contribution in [-0.2, 0) is 0 Å². The summed E-state index contributed by atoms with van der Waals surface area (Å²) in [4.78, 5) is 21.8.